The average Bonchev–Trinajstić information content (AvgIpc) is 2.80. The van der Waals surface area contributed by atoms with Crippen molar-refractivity contribution in [1.82, 2.24) is 9.80 Å². The molecule has 4 heteroatoms. The Balaban J connectivity index is 2.16. The molecular weight excluding hydrogens is 214 g/mol. The number of likely N-dealkylation sites (tertiary alicyclic amines) is 1. The third-order valence-electron chi connectivity index (χ3n) is 4.39. The van der Waals surface area contributed by atoms with Crippen LogP contribution >= 0.6 is 0 Å². The van der Waals surface area contributed by atoms with Gasteiger partial charge in [-0.1, -0.05) is 6.58 Å². The first-order valence-electron chi connectivity index (χ1n) is 6.38. The minimum Gasteiger partial charge on any atom is -0.338 e. The van der Waals surface area contributed by atoms with Gasteiger partial charge in [0.1, 0.15) is 0 Å². The highest BCUT2D eigenvalue weighted by atomic mass is 16.2. The number of fused-ring (bicyclic) bond motifs is 2. The van der Waals surface area contributed by atoms with E-state index < -0.39 is 0 Å². The molecule has 96 valence electrons. The summed E-state index contributed by atoms with van der Waals surface area (Å²) in [7, 11) is 1.86. The smallest absolute Gasteiger partial charge is 0.246 e. The molecule has 4 atom stereocenters. The second-order valence-electron chi connectivity index (χ2n) is 5.57. The Morgan fingerprint density at radius 3 is 2.71 bits per heavy atom. The highest BCUT2D eigenvalue weighted by Gasteiger charge is 2.53. The summed E-state index contributed by atoms with van der Waals surface area (Å²) in [4.78, 5) is 16.0. The minimum absolute atomic E-state index is 0.00143. The van der Waals surface area contributed by atoms with E-state index in [0.717, 1.165) is 13.0 Å². The van der Waals surface area contributed by atoms with E-state index >= 15 is 0 Å². The van der Waals surface area contributed by atoms with Crippen molar-refractivity contribution >= 4 is 5.91 Å². The monoisotopic (exact) mass is 237 g/mol. The van der Waals surface area contributed by atoms with E-state index in [4.69, 9.17) is 5.73 Å². The van der Waals surface area contributed by atoms with Gasteiger partial charge in [-0.25, -0.2) is 0 Å². The van der Waals surface area contributed by atoms with Crippen LogP contribution in [0.4, 0.5) is 0 Å². The lowest BCUT2D eigenvalue weighted by Gasteiger charge is -2.40. The van der Waals surface area contributed by atoms with Crippen molar-refractivity contribution in [3.8, 4) is 0 Å². The third-order valence-corrected chi connectivity index (χ3v) is 4.39. The minimum atomic E-state index is -0.00143. The van der Waals surface area contributed by atoms with Crippen LogP contribution in [0.3, 0.4) is 0 Å². The normalized spacial score (nSPS) is 36.5. The molecule has 0 spiro atoms. The number of likely N-dealkylation sites (N-methyl/N-ethyl adjacent to an activating group) is 1. The summed E-state index contributed by atoms with van der Waals surface area (Å²) in [6, 6.07) is 1.26. The van der Waals surface area contributed by atoms with Crippen LogP contribution in [0.2, 0.25) is 0 Å². The van der Waals surface area contributed by atoms with Gasteiger partial charge in [0.2, 0.25) is 5.91 Å². The summed E-state index contributed by atoms with van der Waals surface area (Å²) in [6.45, 7) is 9.02. The van der Waals surface area contributed by atoms with Crippen molar-refractivity contribution in [2.75, 3.05) is 13.6 Å². The maximum atomic E-state index is 11.7. The summed E-state index contributed by atoms with van der Waals surface area (Å²) >= 11 is 0. The van der Waals surface area contributed by atoms with Crippen LogP contribution in [0.5, 0.6) is 0 Å². The fraction of sp³-hybridized carbons (Fsp3) is 0.769. The molecule has 2 bridgehead atoms. The Kier molecular flexibility index (Phi) is 3.27. The zero-order chi connectivity index (χ0) is 12.7. The topological polar surface area (TPSA) is 49.6 Å². The largest absolute Gasteiger partial charge is 0.338 e. The Morgan fingerprint density at radius 1 is 1.59 bits per heavy atom. The Labute approximate surface area is 103 Å². The standard InChI is InChI=1S/C13H23N3O/c1-5-11(17)15(4)10-6-9-7-16(8(2)3)13(10)12(9)14/h5,8-10,12-13H,1,6-7,14H2,2-4H3/t9-,10-,12-,13-/m1/s1. The highest BCUT2D eigenvalue weighted by molar-refractivity contribution is 5.87. The highest BCUT2D eigenvalue weighted by Crippen LogP contribution is 2.40. The van der Waals surface area contributed by atoms with Crippen molar-refractivity contribution < 1.29 is 4.79 Å². The zero-order valence-corrected chi connectivity index (χ0v) is 11.0. The first-order chi connectivity index (χ1) is 7.97. The van der Waals surface area contributed by atoms with Gasteiger partial charge in [0.25, 0.3) is 0 Å². The molecule has 2 rings (SSSR count). The molecule has 0 unspecified atom stereocenters. The molecular formula is C13H23N3O. The number of rotatable bonds is 3. The van der Waals surface area contributed by atoms with E-state index in [2.05, 4.69) is 25.3 Å². The van der Waals surface area contributed by atoms with Crippen molar-refractivity contribution in [3.63, 3.8) is 0 Å². The number of carbonyl (C=O) groups is 1. The Morgan fingerprint density at radius 2 is 2.24 bits per heavy atom. The number of carbonyl (C=O) groups excluding carboxylic acids is 1. The molecule has 1 saturated carbocycles. The predicted molar refractivity (Wildman–Crippen MR) is 68.5 cm³/mol. The summed E-state index contributed by atoms with van der Waals surface area (Å²) < 4.78 is 0. The quantitative estimate of drug-likeness (QED) is 0.725. The van der Waals surface area contributed by atoms with Crippen molar-refractivity contribution in [3.05, 3.63) is 12.7 Å². The Bertz CT molecular complexity index is 329. The second kappa shape index (κ2) is 4.42. The van der Waals surface area contributed by atoms with Gasteiger partial charge in [-0.15, -0.1) is 0 Å². The molecule has 2 N–H and O–H groups in total. The van der Waals surface area contributed by atoms with E-state index in [1.54, 1.807) is 0 Å². The van der Waals surface area contributed by atoms with Crippen molar-refractivity contribution in [2.45, 2.75) is 44.4 Å². The lowest BCUT2D eigenvalue weighted by Crippen LogP contribution is -2.54. The molecule has 17 heavy (non-hydrogen) atoms. The first-order valence-corrected chi connectivity index (χ1v) is 6.38. The molecule has 1 heterocycles. The summed E-state index contributed by atoms with van der Waals surface area (Å²) in [6.07, 6.45) is 2.42. The van der Waals surface area contributed by atoms with Crippen molar-refractivity contribution in [2.24, 2.45) is 11.7 Å². The summed E-state index contributed by atoms with van der Waals surface area (Å²) in [5, 5.41) is 0. The second-order valence-corrected chi connectivity index (χ2v) is 5.57. The molecule has 0 aromatic carbocycles. The van der Waals surface area contributed by atoms with E-state index in [9.17, 15) is 4.79 Å². The molecule has 0 aromatic heterocycles. The van der Waals surface area contributed by atoms with E-state index in [1.807, 2.05) is 11.9 Å². The van der Waals surface area contributed by atoms with Gasteiger partial charge >= 0.3 is 0 Å². The molecule has 1 saturated heterocycles. The number of piperidine rings is 1. The number of nitrogens with zero attached hydrogens (tertiary/aromatic N) is 2. The van der Waals surface area contributed by atoms with Crippen LogP contribution in [-0.4, -0.2) is 53.5 Å². The third kappa shape index (κ3) is 1.89. The molecule has 2 aliphatic rings. The zero-order valence-electron chi connectivity index (χ0n) is 11.0. The van der Waals surface area contributed by atoms with E-state index in [-0.39, 0.29) is 18.0 Å². The van der Waals surface area contributed by atoms with E-state index in [0.29, 0.717) is 18.0 Å². The van der Waals surface area contributed by atoms with Gasteiger partial charge in [-0.2, -0.15) is 0 Å². The van der Waals surface area contributed by atoms with Gasteiger partial charge in [0.15, 0.2) is 0 Å². The summed E-state index contributed by atoms with van der Waals surface area (Å²) in [5.41, 5.74) is 6.28. The molecule has 1 aliphatic heterocycles. The Hall–Kier alpha value is -0.870. The van der Waals surface area contributed by atoms with Crippen LogP contribution in [-0.2, 0) is 4.79 Å². The average molecular weight is 237 g/mol. The lowest BCUT2D eigenvalue weighted by molar-refractivity contribution is -0.128. The van der Waals surface area contributed by atoms with Crippen LogP contribution < -0.4 is 5.73 Å². The van der Waals surface area contributed by atoms with Gasteiger partial charge in [0.05, 0.1) is 0 Å². The maximum Gasteiger partial charge on any atom is 0.246 e. The number of hydrogen-bond acceptors (Lipinski definition) is 3. The van der Waals surface area contributed by atoms with Crippen LogP contribution in [0.1, 0.15) is 20.3 Å². The number of amides is 1. The van der Waals surface area contributed by atoms with Crippen molar-refractivity contribution in [1.29, 1.82) is 0 Å². The lowest BCUT2D eigenvalue weighted by atomic mass is 10.0. The molecule has 0 radical (unpaired) electrons. The van der Waals surface area contributed by atoms with Gasteiger partial charge in [-0.3, -0.25) is 9.69 Å². The van der Waals surface area contributed by atoms with Crippen LogP contribution in [0, 0.1) is 5.92 Å². The summed E-state index contributed by atoms with van der Waals surface area (Å²) in [5.74, 6) is 0.533. The molecule has 1 amide bonds. The van der Waals surface area contributed by atoms with E-state index in [1.165, 1.54) is 6.08 Å². The molecule has 2 fully saturated rings. The van der Waals surface area contributed by atoms with Crippen LogP contribution in [0.25, 0.3) is 0 Å². The molecule has 0 aromatic rings. The number of nitrogens with two attached hydrogens (primary N) is 1. The SMILES string of the molecule is C=CC(=O)N(C)[C@@H]1C[C@@H]2CN(C(C)C)[C@H]1[C@@H]2N. The van der Waals surface area contributed by atoms with Gasteiger partial charge < -0.3 is 10.6 Å². The fourth-order valence-corrected chi connectivity index (χ4v) is 3.42. The maximum absolute atomic E-state index is 11.7. The molecule has 4 nitrogen and oxygen atoms in total. The predicted octanol–water partition coefficient (Wildman–Crippen LogP) is 0.439. The first kappa shape index (κ1) is 12.6. The number of hydrogen-bond donors (Lipinski definition) is 1. The van der Waals surface area contributed by atoms with Gasteiger partial charge in [-0.05, 0) is 32.3 Å². The fourth-order valence-electron chi connectivity index (χ4n) is 3.42. The molecule has 1 aliphatic carbocycles. The van der Waals surface area contributed by atoms with Crippen LogP contribution in [0.15, 0.2) is 12.7 Å². The van der Waals surface area contributed by atoms with Gasteiger partial charge in [0, 0.05) is 37.8 Å².